The normalized spacial score (nSPS) is 23.2. The van der Waals surface area contributed by atoms with Crippen LogP contribution < -0.4 is 10.6 Å². The van der Waals surface area contributed by atoms with Gasteiger partial charge in [0.25, 0.3) is 0 Å². The number of rotatable bonds is 6. The van der Waals surface area contributed by atoms with Crippen LogP contribution in [0.1, 0.15) is 52.9 Å². The Morgan fingerprint density at radius 3 is 2.79 bits per heavy atom. The summed E-state index contributed by atoms with van der Waals surface area (Å²) in [4.78, 5) is 6.89. The smallest absolute Gasteiger partial charge is 0.191 e. The Bertz CT molecular complexity index is 265. The second-order valence-corrected chi connectivity index (χ2v) is 5.67. The number of unbranched alkanes of at least 4 members (excludes halogenated alkanes) is 1. The monoisotopic (exact) mass is 268 g/mol. The molecule has 2 N–H and O–H groups in total. The third kappa shape index (κ3) is 5.81. The molecule has 112 valence electrons. The van der Waals surface area contributed by atoms with Crippen LogP contribution in [0.4, 0.5) is 0 Å². The number of likely N-dealkylation sites (tertiary alicyclic amines) is 1. The van der Waals surface area contributed by atoms with Gasteiger partial charge in [-0.2, -0.15) is 0 Å². The van der Waals surface area contributed by atoms with E-state index < -0.39 is 0 Å². The van der Waals surface area contributed by atoms with Crippen molar-refractivity contribution < 1.29 is 0 Å². The minimum Gasteiger partial charge on any atom is -0.356 e. The van der Waals surface area contributed by atoms with Crippen molar-refractivity contribution in [3.8, 4) is 0 Å². The van der Waals surface area contributed by atoms with Gasteiger partial charge in [-0.15, -0.1) is 0 Å². The third-order valence-electron chi connectivity index (χ3n) is 4.03. The maximum Gasteiger partial charge on any atom is 0.191 e. The largest absolute Gasteiger partial charge is 0.356 e. The molecule has 0 aromatic carbocycles. The third-order valence-corrected chi connectivity index (χ3v) is 4.03. The lowest BCUT2D eigenvalue weighted by molar-refractivity contribution is 0.115. The molecule has 4 heteroatoms. The summed E-state index contributed by atoms with van der Waals surface area (Å²) in [5.41, 5.74) is 0. The fourth-order valence-corrected chi connectivity index (χ4v) is 2.74. The molecule has 1 fully saturated rings. The lowest BCUT2D eigenvalue weighted by atomic mass is 10.0. The van der Waals surface area contributed by atoms with Gasteiger partial charge in [0.1, 0.15) is 0 Å². The molecule has 2 atom stereocenters. The summed E-state index contributed by atoms with van der Waals surface area (Å²) >= 11 is 0. The van der Waals surface area contributed by atoms with Crippen LogP contribution in [-0.2, 0) is 0 Å². The summed E-state index contributed by atoms with van der Waals surface area (Å²) in [5.74, 6) is 0.935. The van der Waals surface area contributed by atoms with Crippen molar-refractivity contribution in [3.63, 3.8) is 0 Å². The molecule has 1 aliphatic rings. The summed E-state index contributed by atoms with van der Waals surface area (Å²) in [6.45, 7) is 10.1. The standard InChI is InChI=1S/C15H32N4/c1-5-6-10-17-15(16-4)18-12-14(3)19-11-8-7-9-13(19)2/h13-14H,5-12H2,1-4H3,(H2,16,17,18). The predicted octanol–water partition coefficient (Wildman–Crippen LogP) is 2.21. The molecule has 0 aromatic heterocycles. The molecule has 0 spiro atoms. The van der Waals surface area contributed by atoms with E-state index in [1.54, 1.807) is 0 Å². The molecule has 2 unspecified atom stereocenters. The molecule has 19 heavy (non-hydrogen) atoms. The fourth-order valence-electron chi connectivity index (χ4n) is 2.74. The lowest BCUT2D eigenvalue weighted by Gasteiger charge is -2.38. The van der Waals surface area contributed by atoms with E-state index in [9.17, 15) is 0 Å². The summed E-state index contributed by atoms with van der Waals surface area (Å²) in [6, 6.07) is 1.29. The molecule has 0 aliphatic carbocycles. The number of hydrogen-bond acceptors (Lipinski definition) is 2. The van der Waals surface area contributed by atoms with Crippen LogP contribution in [0.2, 0.25) is 0 Å². The van der Waals surface area contributed by atoms with Crippen LogP contribution in [0.5, 0.6) is 0 Å². The van der Waals surface area contributed by atoms with Crippen molar-refractivity contribution in [1.82, 2.24) is 15.5 Å². The van der Waals surface area contributed by atoms with Crippen LogP contribution in [0, 0.1) is 0 Å². The van der Waals surface area contributed by atoms with E-state index in [0.29, 0.717) is 6.04 Å². The van der Waals surface area contributed by atoms with E-state index in [0.717, 1.165) is 25.1 Å². The average Bonchev–Trinajstić information content (AvgIpc) is 2.43. The van der Waals surface area contributed by atoms with Gasteiger partial charge in [0.05, 0.1) is 0 Å². The quantitative estimate of drug-likeness (QED) is 0.441. The Balaban J connectivity index is 2.29. The first kappa shape index (κ1) is 16.3. The zero-order valence-electron chi connectivity index (χ0n) is 13.2. The molecule has 1 saturated heterocycles. The van der Waals surface area contributed by atoms with Crippen molar-refractivity contribution in [2.45, 2.75) is 65.0 Å². The summed E-state index contributed by atoms with van der Waals surface area (Å²) in [5, 5.41) is 6.80. The van der Waals surface area contributed by atoms with Gasteiger partial charge in [0.15, 0.2) is 5.96 Å². The first-order valence-electron chi connectivity index (χ1n) is 7.89. The zero-order valence-corrected chi connectivity index (χ0v) is 13.2. The van der Waals surface area contributed by atoms with Crippen LogP contribution in [0.3, 0.4) is 0 Å². The highest BCUT2D eigenvalue weighted by atomic mass is 15.2. The van der Waals surface area contributed by atoms with Gasteiger partial charge in [0.2, 0.25) is 0 Å². The zero-order chi connectivity index (χ0) is 14.1. The maximum atomic E-state index is 4.27. The highest BCUT2D eigenvalue weighted by molar-refractivity contribution is 5.79. The second kappa shape index (κ2) is 9.18. The molecule has 1 aliphatic heterocycles. The Morgan fingerprint density at radius 2 is 2.16 bits per heavy atom. The highest BCUT2D eigenvalue weighted by Gasteiger charge is 2.22. The molecule has 0 bridgehead atoms. The summed E-state index contributed by atoms with van der Waals surface area (Å²) < 4.78 is 0. The number of piperidine rings is 1. The molecule has 1 heterocycles. The number of nitrogens with one attached hydrogen (secondary N) is 2. The first-order valence-corrected chi connectivity index (χ1v) is 7.89. The fraction of sp³-hybridized carbons (Fsp3) is 0.933. The Labute approximate surface area is 119 Å². The van der Waals surface area contributed by atoms with Crippen LogP contribution in [-0.4, -0.2) is 49.6 Å². The number of hydrogen-bond donors (Lipinski definition) is 2. The van der Waals surface area contributed by atoms with Crippen molar-refractivity contribution in [1.29, 1.82) is 0 Å². The Kier molecular flexibility index (Phi) is 7.87. The number of nitrogens with zero attached hydrogens (tertiary/aromatic N) is 2. The molecular weight excluding hydrogens is 236 g/mol. The molecule has 4 nitrogen and oxygen atoms in total. The van der Waals surface area contributed by atoms with E-state index in [1.807, 2.05) is 7.05 Å². The average molecular weight is 268 g/mol. The minimum atomic E-state index is 0.569. The van der Waals surface area contributed by atoms with Gasteiger partial charge in [0, 0.05) is 32.2 Å². The Hall–Kier alpha value is -0.770. The molecule has 1 rings (SSSR count). The van der Waals surface area contributed by atoms with Gasteiger partial charge in [-0.05, 0) is 39.7 Å². The van der Waals surface area contributed by atoms with Crippen molar-refractivity contribution in [2.75, 3.05) is 26.7 Å². The van der Waals surface area contributed by atoms with E-state index in [1.165, 1.54) is 38.6 Å². The highest BCUT2D eigenvalue weighted by Crippen LogP contribution is 2.18. The van der Waals surface area contributed by atoms with Crippen molar-refractivity contribution >= 4 is 5.96 Å². The molecule has 0 radical (unpaired) electrons. The van der Waals surface area contributed by atoms with Crippen molar-refractivity contribution in [3.05, 3.63) is 0 Å². The first-order chi connectivity index (χ1) is 9.19. The predicted molar refractivity (Wildman–Crippen MR) is 83.8 cm³/mol. The minimum absolute atomic E-state index is 0.569. The van der Waals surface area contributed by atoms with E-state index in [2.05, 4.69) is 41.3 Å². The van der Waals surface area contributed by atoms with E-state index >= 15 is 0 Å². The summed E-state index contributed by atoms with van der Waals surface area (Å²) in [7, 11) is 1.84. The van der Waals surface area contributed by atoms with Gasteiger partial charge < -0.3 is 10.6 Å². The SMILES string of the molecule is CCCCNC(=NC)NCC(C)N1CCCCC1C. The number of aliphatic imine (C=N–C) groups is 1. The van der Waals surface area contributed by atoms with Gasteiger partial charge >= 0.3 is 0 Å². The number of guanidine groups is 1. The van der Waals surface area contributed by atoms with Gasteiger partial charge in [-0.1, -0.05) is 19.8 Å². The summed E-state index contributed by atoms with van der Waals surface area (Å²) in [6.07, 6.45) is 6.48. The molecule has 0 amide bonds. The van der Waals surface area contributed by atoms with Crippen LogP contribution in [0.15, 0.2) is 4.99 Å². The lowest BCUT2D eigenvalue weighted by Crippen LogP contribution is -2.50. The molecular formula is C15H32N4. The van der Waals surface area contributed by atoms with Crippen LogP contribution >= 0.6 is 0 Å². The van der Waals surface area contributed by atoms with Gasteiger partial charge in [-0.3, -0.25) is 9.89 Å². The van der Waals surface area contributed by atoms with E-state index in [-0.39, 0.29) is 0 Å². The van der Waals surface area contributed by atoms with Gasteiger partial charge in [-0.25, -0.2) is 0 Å². The second-order valence-electron chi connectivity index (χ2n) is 5.67. The maximum absolute atomic E-state index is 4.27. The topological polar surface area (TPSA) is 39.7 Å². The Morgan fingerprint density at radius 1 is 1.37 bits per heavy atom. The van der Waals surface area contributed by atoms with Crippen molar-refractivity contribution in [2.24, 2.45) is 4.99 Å². The molecule has 0 saturated carbocycles. The van der Waals surface area contributed by atoms with E-state index in [4.69, 9.17) is 0 Å². The van der Waals surface area contributed by atoms with Crippen LogP contribution in [0.25, 0.3) is 0 Å². The molecule has 0 aromatic rings.